The Morgan fingerprint density at radius 2 is 2.06 bits per heavy atom. The SMILES string of the molecule is CC(C)(NC(=O)Cc1ccccc1O)C1CC1. The summed E-state index contributed by atoms with van der Waals surface area (Å²) >= 11 is 0. The Kier molecular flexibility index (Phi) is 3.09. The van der Waals surface area contributed by atoms with Crippen LogP contribution in [0.15, 0.2) is 24.3 Å². The molecule has 0 spiro atoms. The maximum atomic E-state index is 11.9. The van der Waals surface area contributed by atoms with E-state index in [0.29, 0.717) is 11.5 Å². The van der Waals surface area contributed by atoms with E-state index in [0.717, 1.165) is 0 Å². The van der Waals surface area contributed by atoms with Gasteiger partial charge in [-0.3, -0.25) is 4.79 Å². The molecule has 2 rings (SSSR count). The van der Waals surface area contributed by atoms with E-state index in [4.69, 9.17) is 0 Å². The Morgan fingerprint density at radius 3 is 2.65 bits per heavy atom. The molecule has 92 valence electrons. The third kappa shape index (κ3) is 2.99. The zero-order chi connectivity index (χ0) is 12.5. The smallest absolute Gasteiger partial charge is 0.224 e. The molecule has 2 N–H and O–H groups in total. The van der Waals surface area contributed by atoms with Gasteiger partial charge < -0.3 is 10.4 Å². The second-order valence-corrected chi connectivity index (χ2v) is 5.35. The molecule has 1 amide bonds. The van der Waals surface area contributed by atoms with Crippen molar-refractivity contribution < 1.29 is 9.90 Å². The van der Waals surface area contributed by atoms with E-state index in [9.17, 15) is 9.90 Å². The van der Waals surface area contributed by atoms with Gasteiger partial charge in [0, 0.05) is 11.1 Å². The number of nitrogens with one attached hydrogen (secondary N) is 1. The quantitative estimate of drug-likeness (QED) is 0.838. The number of aromatic hydroxyl groups is 1. The third-order valence-electron chi connectivity index (χ3n) is 3.40. The van der Waals surface area contributed by atoms with Gasteiger partial charge in [-0.1, -0.05) is 18.2 Å². The highest BCUT2D eigenvalue weighted by Gasteiger charge is 2.38. The fraction of sp³-hybridized carbons (Fsp3) is 0.500. The van der Waals surface area contributed by atoms with Crippen molar-refractivity contribution in [2.24, 2.45) is 5.92 Å². The number of hydrogen-bond donors (Lipinski definition) is 2. The Labute approximate surface area is 102 Å². The van der Waals surface area contributed by atoms with Crippen LogP contribution in [-0.2, 0) is 11.2 Å². The van der Waals surface area contributed by atoms with Crippen LogP contribution in [0.1, 0.15) is 32.3 Å². The number of para-hydroxylation sites is 1. The van der Waals surface area contributed by atoms with Gasteiger partial charge in [-0.2, -0.15) is 0 Å². The lowest BCUT2D eigenvalue weighted by molar-refractivity contribution is -0.122. The van der Waals surface area contributed by atoms with E-state index in [1.807, 2.05) is 6.07 Å². The molecule has 0 saturated heterocycles. The summed E-state index contributed by atoms with van der Waals surface area (Å²) in [5, 5.41) is 12.6. The van der Waals surface area contributed by atoms with Crippen molar-refractivity contribution in [2.75, 3.05) is 0 Å². The molecule has 0 radical (unpaired) electrons. The Morgan fingerprint density at radius 1 is 1.41 bits per heavy atom. The van der Waals surface area contributed by atoms with Crippen LogP contribution in [0.2, 0.25) is 0 Å². The molecule has 3 heteroatoms. The molecular formula is C14H19NO2. The standard InChI is InChI=1S/C14H19NO2/c1-14(2,11-7-8-11)15-13(17)9-10-5-3-4-6-12(10)16/h3-6,11,16H,7-9H2,1-2H3,(H,15,17). The third-order valence-corrected chi connectivity index (χ3v) is 3.40. The molecule has 1 aliphatic rings. The first-order valence-electron chi connectivity index (χ1n) is 6.07. The molecular weight excluding hydrogens is 214 g/mol. The molecule has 1 aliphatic carbocycles. The number of phenolic OH excluding ortho intramolecular Hbond substituents is 1. The van der Waals surface area contributed by atoms with Gasteiger partial charge >= 0.3 is 0 Å². The molecule has 1 saturated carbocycles. The molecule has 1 aromatic carbocycles. The van der Waals surface area contributed by atoms with Gasteiger partial charge in [-0.05, 0) is 38.7 Å². The fourth-order valence-electron chi connectivity index (χ4n) is 2.14. The molecule has 0 unspecified atom stereocenters. The summed E-state index contributed by atoms with van der Waals surface area (Å²) in [5.74, 6) is 0.770. The monoisotopic (exact) mass is 233 g/mol. The fourth-order valence-corrected chi connectivity index (χ4v) is 2.14. The van der Waals surface area contributed by atoms with E-state index < -0.39 is 0 Å². The molecule has 0 aromatic heterocycles. The van der Waals surface area contributed by atoms with Gasteiger partial charge in [0.1, 0.15) is 5.75 Å². The minimum Gasteiger partial charge on any atom is -0.508 e. The van der Waals surface area contributed by atoms with Crippen molar-refractivity contribution in [3.05, 3.63) is 29.8 Å². The van der Waals surface area contributed by atoms with Crippen LogP contribution in [0.4, 0.5) is 0 Å². The average Bonchev–Trinajstić information content (AvgIpc) is 3.04. The summed E-state index contributed by atoms with van der Waals surface area (Å²) < 4.78 is 0. The predicted octanol–water partition coefficient (Wildman–Crippen LogP) is 2.24. The Bertz CT molecular complexity index is 422. The lowest BCUT2D eigenvalue weighted by Crippen LogP contribution is -2.45. The first kappa shape index (κ1) is 12.0. The maximum absolute atomic E-state index is 11.9. The van der Waals surface area contributed by atoms with Crippen molar-refractivity contribution in [2.45, 2.75) is 38.6 Å². The average molecular weight is 233 g/mol. The van der Waals surface area contributed by atoms with Crippen LogP contribution in [0.25, 0.3) is 0 Å². The largest absolute Gasteiger partial charge is 0.508 e. The van der Waals surface area contributed by atoms with Crippen LogP contribution in [-0.4, -0.2) is 16.6 Å². The number of rotatable bonds is 4. The first-order valence-corrected chi connectivity index (χ1v) is 6.07. The van der Waals surface area contributed by atoms with Gasteiger partial charge in [0.05, 0.1) is 6.42 Å². The van der Waals surface area contributed by atoms with Crippen molar-refractivity contribution in [1.82, 2.24) is 5.32 Å². The van der Waals surface area contributed by atoms with Crippen molar-refractivity contribution in [3.63, 3.8) is 0 Å². The summed E-state index contributed by atoms with van der Waals surface area (Å²) in [6.07, 6.45) is 2.64. The first-order chi connectivity index (χ1) is 7.99. The summed E-state index contributed by atoms with van der Waals surface area (Å²) in [4.78, 5) is 11.9. The summed E-state index contributed by atoms with van der Waals surface area (Å²) in [6.45, 7) is 4.13. The highest BCUT2D eigenvalue weighted by molar-refractivity contribution is 5.80. The molecule has 1 fully saturated rings. The summed E-state index contributed by atoms with van der Waals surface area (Å²) in [6, 6.07) is 6.97. The van der Waals surface area contributed by atoms with E-state index in [2.05, 4.69) is 19.2 Å². The molecule has 3 nitrogen and oxygen atoms in total. The zero-order valence-electron chi connectivity index (χ0n) is 10.4. The molecule has 1 aromatic rings. The van der Waals surface area contributed by atoms with Crippen LogP contribution in [0.3, 0.4) is 0 Å². The number of hydrogen-bond acceptors (Lipinski definition) is 2. The normalized spacial score (nSPS) is 15.6. The highest BCUT2D eigenvalue weighted by atomic mass is 16.3. The number of benzene rings is 1. The molecule has 0 heterocycles. The molecule has 0 bridgehead atoms. The van der Waals surface area contributed by atoms with Gasteiger partial charge in [-0.25, -0.2) is 0 Å². The van der Waals surface area contributed by atoms with Crippen molar-refractivity contribution >= 4 is 5.91 Å². The van der Waals surface area contributed by atoms with Gasteiger partial charge in [0.15, 0.2) is 0 Å². The predicted molar refractivity (Wildman–Crippen MR) is 66.8 cm³/mol. The van der Waals surface area contributed by atoms with Gasteiger partial charge in [-0.15, -0.1) is 0 Å². The van der Waals surface area contributed by atoms with E-state index >= 15 is 0 Å². The minimum absolute atomic E-state index is 0.0246. The number of phenols is 1. The highest BCUT2D eigenvalue weighted by Crippen LogP contribution is 2.39. The zero-order valence-corrected chi connectivity index (χ0v) is 10.4. The van der Waals surface area contributed by atoms with Gasteiger partial charge in [0.2, 0.25) is 5.91 Å². The van der Waals surface area contributed by atoms with Crippen LogP contribution in [0.5, 0.6) is 5.75 Å². The van der Waals surface area contributed by atoms with E-state index in [1.165, 1.54) is 12.8 Å². The molecule has 0 atom stereocenters. The Hall–Kier alpha value is -1.51. The lowest BCUT2D eigenvalue weighted by Gasteiger charge is -2.26. The molecule has 0 aliphatic heterocycles. The lowest BCUT2D eigenvalue weighted by atomic mass is 9.98. The second kappa shape index (κ2) is 4.40. The minimum atomic E-state index is -0.124. The van der Waals surface area contributed by atoms with Gasteiger partial charge in [0.25, 0.3) is 0 Å². The second-order valence-electron chi connectivity index (χ2n) is 5.35. The van der Waals surface area contributed by atoms with E-state index in [-0.39, 0.29) is 23.6 Å². The summed E-state index contributed by atoms with van der Waals surface area (Å²) in [7, 11) is 0. The van der Waals surface area contributed by atoms with E-state index in [1.54, 1.807) is 18.2 Å². The summed E-state index contributed by atoms with van der Waals surface area (Å²) in [5.41, 5.74) is 0.554. The maximum Gasteiger partial charge on any atom is 0.224 e. The van der Waals surface area contributed by atoms with Crippen LogP contribution >= 0.6 is 0 Å². The van der Waals surface area contributed by atoms with Crippen LogP contribution in [0, 0.1) is 5.92 Å². The van der Waals surface area contributed by atoms with Crippen molar-refractivity contribution in [1.29, 1.82) is 0 Å². The van der Waals surface area contributed by atoms with Crippen molar-refractivity contribution in [3.8, 4) is 5.75 Å². The van der Waals surface area contributed by atoms with Crippen LogP contribution < -0.4 is 5.32 Å². The Balaban J connectivity index is 1.95. The number of carbonyl (C=O) groups excluding carboxylic acids is 1. The number of amides is 1. The topological polar surface area (TPSA) is 49.3 Å². The number of carbonyl (C=O) groups is 1. The molecule has 17 heavy (non-hydrogen) atoms.